The van der Waals surface area contributed by atoms with Gasteiger partial charge in [0.2, 0.25) is 0 Å². The van der Waals surface area contributed by atoms with E-state index in [0.717, 1.165) is 34.7 Å². The first-order valence-electron chi connectivity index (χ1n) is 9.23. The summed E-state index contributed by atoms with van der Waals surface area (Å²) in [6, 6.07) is 22.9. The van der Waals surface area contributed by atoms with E-state index in [1.165, 1.54) is 16.8 Å². The van der Waals surface area contributed by atoms with Crippen LogP contribution in [0.2, 0.25) is 0 Å². The lowest BCUT2D eigenvalue weighted by Crippen LogP contribution is -1.93. The Balaban J connectivity index is 1.74. The van der Waals surface area contributed by atoms with Crippen LogP contribution >= 0.6 is 0 Å². The van der Waals surface area contributed by atoms with Gasteiger partial charge in [0, 0.05) is 23.4 Å². The van der Waals surface area contributed by atoms with Crippen molar-refractivity contribution in [3.63, 3.8) is 0 Å². The number of hydrogen-bond donors (Lipinski definition) is 1. The summed E-state index contributed by atoms with van der Waals surface area (Å²) in [5, 5.41) is 3.45. The summed E-state index contributed by atoms with van der Waals surface area (Å²) < 4.78 is 11.3. The van der Waals surface area contributed by atoms with Crippen LogP contribution in [0.15, 0.2) is 66.7 Å². The summed E-state index contributed by atoms with van der Waals surface area (Å²) in [7, 11) is 1.71. The van der Waals surface area contributed by atoms with E-state index in [1.807, 2.05) is 25.1 Å². The molecule has 1 aliphatic heterocycles. The molecule has 0 aliphatic carbocycles. The van der Waals surface area contributed by atoms with Crippen LogP contribution in [0.5, 0.6) is 11.5 Å². The molecule has 0 unspecified atom stereocenters. The monoisotopic (exact) mass is 357 g/mol. The van der Waals surface area contributed by atoms with Gasteiger partial charge in [-0.3, -0.25) is 0 Å². The van der Waals surface area contributed by atoms with Crippen molar-refractivity contribution in [2.75, 3.05) is 25.6 Å². The van der Waals surface area contributed by atoms with E-state index in [1.54, 1.807) is 7.11 Å². The van der Waals surface area contributed by atoms with Crippen LogP contribution in [-0.4, -0.2) is 20.3 Å². The van der Waals surface area contributed by atoms with Crippen LogP contribution in [-0.2, 0) is 0 Å². The smallest absolute Gasteiger partial charge is 0.126 e. The Bertz CT molecular complexity index is 991. The van der Waals surface area contributed by atoms with E-state index < -0.39 is 0 Å². The molecule has 27 heavy (non-hydrogen) atoms. The molecule has 0 fully saturated rings. The summed E-state index contributed by atoms with van der Waals surface area (Å²) in [5.41, 5.74) is 7.07. The van der Waals surface area contributed by atoms with Crippen LogP contribution in [0.25, 0.3) is 22.8 Å². The maximum Gasteiger partial charge on any atom is 0.126 e. The molecule has 0 saturated carbocycles. The number of para-hydroxylation sites is 1. The van der Waals surface area contributed by atoms with Gasteiger partial charge < -0.3 is 14.8 Å². The predicted octanol–water partition coefficient (Wildman–Crippen LogP) is 5.73. The molecule has 3 aromatic rings. The van der Waals surface area contributed by atoms with Gasteiger partial charge in [0.1, 0.15) is 11.5 Å². The first-order chi connectivity index (χ1) is 13.3. The maximum absolute atomic E-state index is 5.66. The molecular weight excluding hydrogens is 334 g/mol. The third-order valence-electron chi connectivity index (χ3n) is 4.76. The van der Waals surface area contributed by atoms with Crippen molar-refractivity contribution in [2.24, 2.45) is 0 Å². The lowest BCUT2D eigenvalue weighted by Gasteiger charge is -2.12. The number of rotatable bonds is 5. The number of methoxy groups -OCH3 is 1. The minimum Gasteiger partial charge on any atom is -0.496 e. The highest BCUT2D eigenvalue weighted by Gasteiger charge is 2.15. The highest BCUT2D eigenvalue weighted by Crippen LogP contribution is 2.35. The van der Waals surface area contributed by atoms with Gasteiger partial charge in [0.25, 0.3) is 0 Å². The van der Waals surface area contributed by atoms with Gasteiger partial charge in [0.15, 0.2) is 0 Å². The molecule has 0 aromatic heterocycles. The Labute approximate surface area is 160 Å². The minimum atomic E-state index is 0.652. The van der Waals surface area contributed by atoms with Gasteiger partial charge in [-0.1, -0.05) is 36.4 Å². The van der Waals surface area contributed by atoms with Gasteiger partial charge in [-0.05, 0) is 60.0 Å². The Kier molecular flexibility index (Phi) is 4.84. The normalized spacial score (nSPS) is 13.9. The van der Waals surface area contributed by atoms with Crippen LogP contribution in [0, 0.1) is 0 Å². The summed E-state index contributed by atoms with van der Waals surface area (Å²) in [4.78, 5) is 0. The van der Waals surface area contributed by atoms with Crippen LogP contribution in [0.4, 0.5) is 5.69 Å². The summed E-state index contributed by atoms with van der Waals surface area (Å²) in [6.45, 7) is 3.49. The van der Waals surface area contributed by atoms with Crippen molar-refractivity contribution < 1.29 is 9.47 Å². The van der Waals surface area contributed by atoms with Gasteiger partial charge >= 0.3 is 0 Å². The zero-order chi connectivity index (χ0) is 18.6. The fourth-order valence-electron chi connectivity index (χ4n) is 3.49. The Hall–Kier alpha value is -3.20. The van der Waals surface area contributed by atoms with Crippen molar-refractivity contribution in [3.8, 4) is 22.6 Å². The molecule has 1 aliphatic rings. The number of fused-ring (bicyclic) bond motifs is 1. The van der Waals surface area contributed by atoms with E-state index in [-0.39, 0.29) is 0 Å². The van der Waals surface area contributed by atoms with Gasteiger partial charge in [0.05, 0.1) is 13.7 Å². The molecule has 0 amide bonds. The van der Waals surface area contributed by atoms with E-state index >= 15 is 0 Å². The number of benzene rings is 3. The lowest BCUT2D eigenvalue weighted by atomic mass is 9.99. The van der Waals surface area contributed by atoms with Gasteiger partial charge in [-0.25, -0.2) is 0 Å². The topological polar surface area (TPSA) is 30.5 Å². The number of ether oxygens (including phenoxy) is 2. The van der Waals surface area contributed by atoms with E-state index in [9.17, 15) is 0 Å². The third kappa shape index (κ3) is 3.54. The molecule has 0 bridgehead atoms. The molecule has 3 aromatic carbocycles. The van der Waals surface area contributed by atoms with Crippen molar-refractivity contribution in [1.29, 1.82) is 0 Å². The fraction of sp³-hybridized carbons (Fsp3) is 0.167. The molecule has 4 rings (SSSR count). The molecule has 0 atom stereocenters. The molecule has 136 valence electrons. The molecule has 3 nitrogen and oxygen atoms in total. The van der Waals surface area contributed by atoms with Crippen molar-refractivity contribution in [3.05, 3.63) is 77.9 Å². The maximum atomic E-state index is 5.66. The Morgan fingerprint density at radius 2 is 1.85 bits per heavy atom. The third-order valence-corrected chi connectivity index (χ3v) is 4.76. The van der Waals surface area contributed by atoms with E-state index in [4.69, 9.17) is 9.47 Å². The quantitative estimate of drug-likeness (QED) is 0.633. The predicted molar refractivity (Wildman–Crippen MR) is 112 cm³/mol. The molecule has 0 saturated heterocycles. The highest BCUT2D eigenvalue weighted by atomic mass is 16.5. The number of hydrogen-bond acceptors (Lipinski definition) is 3. The fourth-order valence-corrected chi connectivity index (χ4v) is 3.49. The van der Waals surface area contributed by atoms with Crippen LogP contribution in [0.3, 0.4) is 0 Å². The summed E-state index contributed by atoms with van der Waals surface area (Å²) >= 11 is 0. The molecule has 0 radical (unpaired) electrons. The highest BCUT2D eigenvalue weighted by molar-refractivity contribution is 5.93. The average Bonchev–Trinajstić information content (AvgIpc) is 3.11. The van der Waals surface area contributed by atoms with E-state index in [0.29, 0.717) is 6.61 Å². The standard InChI is InChI=1S/C24H23NO2/c1-3-27-20-8-6-7-18(15-20)22-14-17(11-12-24(22)26-2)13-19-16-25-23-10-5-4-9-21(19)23/h4-15,25H,3,16H2,1-2H3. The average molecular weight is 357 g/mol. The van der Waals surface area contributed by atoms with Crippen molar-refractivity contribution in [1.82, 2.24) is 0 Å². The van der Waals surface area contributed by atoms with Crippen molar-refractivity contribution >= 4 is 17.3 Å². The van der Waals surface area contributed by atoms with E-state index in [2.05, 4.69) is 59.9 Å². The second-order valence-electron chi connectivity index (χ2n) is 6.49. The second-order valence-corrected chi connectivity index (χ2v) is 6.49. The number of nitrogens with one attached hydrogen (secondary N) is 1. The molecule has 3 heteroatoms. The molecule has 0 spiro atoms. The number of anilines is 1. The molecule has 1 heterocycles. The second kappa shape index (κ2) is 7.58. The summed E-state index contributed by atoms with van der Waals surface area (Å²) in [5.74, 6) is 1.73. The van der Waals surface area contributed by atoms with Gasteiger partial charge in [-0.15, -0.1) is 0 Å². The zero-order valence-electron chi connectivity index (χ0n) is 15.7. The Morgan fingerprint density at radius 3 is 2.70 bits per heavy atom. The largest absolute Gasteiger partial charge is 0.496 e. The summed E-state index contributed by atoms with van der Waals surface area (Å²) in [6.07, 6.45) is 2.24. The lowest BCUT2D eigenvalue weighted by molar-refractivity contribution is 0.340. The minimum absolute atomic E-state index is 0.652. The molecule has 1 N–H and O–H groups in total. The van der Waals surface area contributed by atoms with Crippen LogP contribution in [0.1, 0.15) is 18.1 Å². The zero-order valence-corrected chi connectivity index (χ0v) is 15.7. The van der Waals surface area contributed by atoms with Gasteiger partial charge in [-0.2, -0.15) is 0 Å². The Morgan fingerprint density at radius 1 is 0.963 bits per heavy atom. The molecular formula is C24H23NO2. The van der Waals surface area contributed by atoms with Crippen molar-refractivity contribution in [2.45, 2.75) is 6.92 Å². The SMILES string of the molecule is CCOc1cccc(-c2cc(C=C3CNc4ccccc43)ccc2OC)c1. The van der Waals surface area contributed by atoms with Crippen LogP contribution < -0.4 is 14.8 Å². The first kappa shape index (κ1) is 17.2. The first-order valence-corrected chi connectivity index (χ1v) is 9.23.